The first kappa shape index (κ1) is 26.2. The van der Waals surface area contributed by atoms with Crippen LogP contribution < -0.4 is 20.7 Å². The van der Waals surface area contributed by atoms with Crippen LogP contribution in [0.5, 0.6) is 11.5 Å². The van der Waals surface area contributed by atoms with Gasteiger partial charge in [-0.25, -0.2) is 4.79 Å². The number of amides is 3. The molecule has 0 aliphatic carbocycles. The quantitative estimate of drug-likeness (QED) is 0.320. The summed E-state index contributed by atoms with van der Waals surface area (Å²) in [7, 11) is 1.48. The molecule has 1 heterocycles. The molecule has 0 aliphatic heterocycles. The third-order valence-corrected chi connectivity index (χ3v) is 4.92. The maximum atomic E-state index is 13.5. The zero-order chi connectivity index (χ0) is 26.5. The number of rotatable bonds is 7. The van der Waals surface area contributed by atoms with Crippen molar-refractivity contribution in [3.63, 3.8) is 0 Å². The molecule has 0 radical (unpaired) electrons. The number of aromatic nitrogens is 1. The summed E-state index contributed by atoms with van der Waals surface area (Å²) >= 11 is 0. The third kappa shape index (κ3) is 6.60. The number of hydrogen-bond donors (Lipinski definition) is 4. The average molecular weight is 500 g/mol. The lowest BCUT2D eigenvalue weighted by molar-refractivity contribution is -0.138. The van der Waals surface area contributed by atoms with E-state index in [0.717, 1.165) is 12.1 Å². The Kier molecular flexibility index (Phi) is 7.95. The summed E-state index contributed by atoms with van der Waals surface area (Å²) in [5, 5.41) is 17.4. The predicted octanol–water partition coefficient (Wildman–Crippen LogP) is 5.51. The molecule has 4 N–H and O–H groups in total. The van der Waals surface area contributed by atoms with Crippen LogP contribution in [0.15, 0.2) is 72.9 Å². The maximum absolute atomic E-state index is 13.5. The number of nitrogens with zero attached hydrogens (tertiary/aromatic N) is 1. The average Bonchev–Trinajstić information content (AvgIpc) is 2.83. The van der Waals surface area contributed by atoms with Gasteiger partial charge in [0.1, 0.15) is 23.3 Å². The number of ether oxygens (including phenoxy) is 1. The van der Waals surface area contributed by atoms with E-state index in [1.807, 2.05) is 0 Å². The molecule has 1 atom stereocenters. The van der Waals surface area contributed by atoms with E-state index in [4.69, 9.17) is 4.74 Å². The van der Waals surface area contributed by atoms with Crippen LogP contribution in [0.25, 0.3) is 0 Å². The monoisotopic (exact) mass is 500 g/mol. The highest BCUT2D eigenvalue weighted by molar-refractivity contribution is 5.99. The molecule has 0 spiro atoms. The minimum absolute atomic E-state index is 0.109. The van der Waals surface area contributed by atoms with E-state index >= 15 is 0 Å². The van der Waals surface area contributed by atoms with Gasteiger partial charge in [0.15, 0.2) is 0 Å². The Balaban J connectivity index is 1.67. The molecule has 188 valence electrons. The van der Waals surface area contributed by atoms with Gasteiger partial charge in [-0.2, -0.15) is 13.2 Å². The van der Waals surface area contributed by atoms with E-state index in [-0.39, 0.29) is 28.4 Å². The van der Waals surface area contributed by atoms with E-state index in [0.29, 0.717) is 17.2 Å². The van der Waals surface area contributed by atoms with E-state index in [1.165, 1.54) is 44.4 Å². The van der Waals surface area contributed by atoms with Gasteiger partial charge in [0, 0.05) is 30.7 Å². The predicted molar refractivity (Wildman–Crippen MR) is 128 cm³/mol. The number of halogens is 3. The number of pyridine rings is 1. The molecule has 2 aromatic carbocycles. The van der Waals surface area contributed by atoms with Crippen LogP contribution in [0.4, 0.5) is 29.3 Å². The smallest absolute Gasteiger partial charge is 0.416 e. The Morgan fingerprint density at radius 3 is 2.25 bits per heavy atom. The second-order valence-corrected chi connectivity index (χ2v) is 7.71. The normalized spacial score (nSPS) is 11.8. The topological polar surface area (TPSA) is 113 Å². The van der Waals surface area contributed by atoms with E-state index < -0.39 is 23.9 Å². The summed E-state index contributed by atoms with van der Waals surface area (Å²) in [5.41, 5.74) is -0.850. The minimum Gasteiger partial charge on any atom is -0.457 e. The number of aliphatic hydroxyl groups excluding tert-OH is 1. The van der Waals surface area contributed by atoms with Crippen LogP contribution in [0.2, 0.25) is 0 Å². The summed E-state index contributed by atoms with van der Waals surface area (Å²) in [6.07, 6.45) is -4.81. The number of aliphatic hydroxyl groups is 1. The number of urea groups is 1. The van der Waals surface area contributed by atoms with Gasteiger partial charge in [0.2, 0.25) is 0 Å². The summed E-state index contributed by atoms with van der Waals surface area (Å²) in [6, 6.07) is 11.6. The van der Waals surface area contributed by atoms with Crippen LogP contribution in [-0.2, 0) is 6.18 Å². The van der Waals surface area contributed by atoms with Crippen molar-refractivity contribution < 1.29 is 32.6 Å². The first-order valence-electron chi connectivity index (χ1n) is 10.6. The molecule has 8 nitrogen and oxygen atoms in total. The van der Waals surface area contributed by atoms with Crippen molar-refractivity contribution in [3.8, 4) is 11.5 Å². The van der Waals surface area contributed by atoms with Crippen molar-refractivity contribution in [2.45, 2.75) is 19.2 Å². The number of anilines is 2. The van der Waals surface area contributed by atoms with Gasteiger partial charge < -0.3 is 25.8 Å². The summed E-state index contributed by atoms with van der Waals surface area (Å²) in [5.74, 6) is 0.425. The van der Waals surface area contributed by atoms with Crippen LogP contribution in [0.3, 0.4) is 0 Å². The van der Waals surface area contributed by atoms with Gasteiger partial charge in [-0.1, -0.05) is 12.6 Å². The molecular formula is C25H23F3N4O4. The summed E-state index contributed by atoms with van der Waals surface area (Å²) < 4.78 is 46.2. The molecule has 0 saturated heterocycles. The number of alkyl halides is 3. The molecular weight excluding hydrogens is 477 g/mol. The van der Waals surface area contributed by atoms with E-state index in [9.17, 15) is 27.9 Å². The van der Waals surface area contributed by atoms with Crippen LogP contribution in [0, 0.1) is 0 Å². The Morgan fingerprint density at radius 1 is 1.00 bits per heavy atom. The standard InChI is InChI=1S/C25H23F3N4O4/c1-14(2)22(33)19-9-6-16(12-20(19)25(26,27)28)32-24(35)31-15-4-7-17(8-5-15)36-18-10-11-30-21(13-18)23(34)29-3/h4-13,22,33H,1H2,2-3H3,(H,29,34)(H2,31,32,35). The molecule has 3 aromatic rings. The fraction of sp³-hybridized carbons (Fsp3) is 0.160. The Hall–Kier alpha value is -4.38. The number of benzene rings is 2. The Bertz CT molecular complexity index is 1280. The van der Waals surface area contributed by atoms with Crippen molar-refractivity contribution in [3.05, 3.63) is 89.8 Å². The van der Waals surface area contributed by atoms with Gasteiger partial charge in [0.25, 0.3) is 5.91 Å². The molecule has 1 aromatic heterocycles. The maximum Gasteiger partial charge on any atom is 0.416 e. The molecule has 0 bridgehead atoms. The highest BCUT2D eigenvalue weighted by Gasteiger charge is 2.35. The second-order valence-electron chi connectivity index (χ2n) is 7.71. The minimum atomic E-state index is -4.74. The van der Waals surface area contributed by atoms with Crippen LogP contribution >= 0.6 is 0 Å². The lowest BCUT2D eigenvalue weighted by Crippen LogP contribution is -2.20. The zero-order valence-corrected chi connectivity index (χ0v) is 19.3. The fourth-order valence-corrected chi connectivity index (χ4v) is 3.15. The largest absolute Gasteiger partial charge is 0.457 e. The molecule has 3 rings (SSSR count). The van der Waals surface area contributed by atoms with Gasteiger partial charge >= 0.3 is 12.2 Å². The lowest BCUT2D eigenvalue weighted by atomic mass is 9.97. The van der Waals surface area contributed by atoms with Crippen molar-refractivity contribution in [1.29, 1.82) is 0 Å². The summed E-state index contributed by atoms with van der Waals surface area (Å²) in [4.78, 5) is 28.0. The van der Waals surface area contributed by atoms with Crippen molar-refractivity contribution in [2.24, 2.45) is 0 Å². The SMILES string of the molecule is C=C(C)C(O)c1ccc(NC(=O)Nc2ccc(Oc3ccnc(C(=O)NC)c3)cc2)cc1C(F)(F)F. The fourth-order valence-electron chi connectivity index (χ4n) is 3.15. The van der Waals surface area contributed by atoms with Crippen LogP contribution in [0.1, 0.15) is 34.6 Å². The second kappa shape index (κ2) is 10.9. The number of hydrogen-bond acceptors (Lipinski definition) is 5. The molecule has 0 fully saturated rings. The Labute approximate surface area is 204 Å². The molecule has 3 amide bonds. The third-order valence-electron chi connectivity index (χ3n) is 4.92. The first-order chi connectivity index (χ1) is 17.0. The van der Waals surface area contributed by atoms with Gasteiger partial charge in [-0.3, -0.25) is 9.78 Å². The van der Waals surface area contributed by atoms with Gasteiger partial charge in [-0.05, 0) is 60.5 Å². The lowest BCUT2D eigenvalue weighted by Gasteiger charge is -2.19. The van der Waals surface area contributed by atoms with E-state index in [1.54, 1.807) is 18.2 Å². The first-order valence-corrected chi connectivity index (χ1v) is 10.6. The van der Waals surface area contributed by atoms with Gasteiger partial charge in [0.05, 0.1) is 5.56 Å². The highest BCUT2D eigenvalue weighted by atomic mass is 19.4. The molecule has 36 heavy (non-hydrogen) atoms. The molecule has 0 saturated carbocycles. The zero-order valence-electron chi connectivity index (χ0n) is 19.3. The number of carbonyl (C=O) groups excluding carboxylic acids is 2. The molecule has 11 heteroatoms. The van der Waals surface area contributed by atoms with E-state index in [2.05, 4.69) is 27.5 Å². The van der Waals surface area contributed by atoms with Crippen molar-refractivity contribution in [1.82, 2.24) is 10.3 Å². The van der Waals surface area contributed by atoms with Gasteiger partial charge in [-0.15, -0.1) is 0 Å². The molecule has 1 unspecified atom stereocenters. The van der Waals surface area contributed by atoms with Crippen LogP contribution in [-0.4, -0.2) is 29.1 Å². The number of carbonyl (C=O) groups is 2. The summed E-state index contributed by atoms with van der Waals surface area (Å²) in [6.45, 7) is 4.91. The van der Waals surface area contributed by atoms with Crippen molar-refractivity contribution >= 4 is 23.3 Å². The highest BCUT2D eigenvalue weighted by Crippen LogP contribution is 2.38. The molecule has 0 aliphatic rings. The van der Waals surface area contributed by atoms with Crippen molar-refractivity contribution in [2.75, 3.05) is 17.7 Å². The number of nitrogens with one attached hydrogen (secondary N) is 3. The Morgan fingerprint density at radius 2 is 1.64 bits per heavy atom.